The average Bonchev–Trinajstić information content (AvgIpc) is 3.13. The summed E-state index contributed by atoms with van der Waals surface area (Å²) in [6, 6.07) is 26.1. The van der Waals surface area contributed by atoms with Crippen LogP contribution < -0.4 is 5.73 Å². The minimum atomic E-state index is 0.478. The summed E-state index contributed by atoms with van der Waals surface area (Å²) in [5.41, 5.74) is 14.9. The number of hydrogen-bond donors (Lipinski definition) is 2. The summed E-state index contributed by atoms with van der Waals surface area (Å²) in [4.78, 5) is 3.84. The highest BCUT2D eigenvalue weighted by atomic mass is 14.7. The molecule has 0 saturated carbocycles. The van der Waals surface area contributed by atoms with Crippen LogP contribution in [0.1, 0.15) is 43.7 Å². The summed E-state index contributed by atoms with van der Waals surface area (Å²) < 4.78 is 0. The molecule has 2 heteroatoms. The Hall–Kier alpha value is -2.84. The van der Waals surface area contributed by atoms with E-state index < -0.39 is 0 Å². The predicted octanol–water partition coefficient (Wildman–Crippen LogP) is 6.91. The number of unbranched alkanes of at least 4 members (excludes halogenated alkanes) is 1. The molecule has 2 nitrogen and oxygen atoms in total. The molecule has 0 radical (unpaired) electrons. The number of nitrogens with two attached hydrogens (primary N) is 1. The lowest BCUT2D eigenvalue weighted by molar-refractivity contribution is 0.748. The third kappa shape index (κ3) is 3.86. The van der Waals surface area contributed by atoms with Crippen molar-refractivity contribution in [1.29, 1.82) is 0 Å². The van der Waals surface area contributed by atoms with E-state index in [0.29, 0.717) is 5.92 Å². The quantitative estimate of drug-likeness (QED) is 0.335. The monoisotopic (exact) mass is 382 g/mol. The number of rotatable bonds is 7. The topological polar surface area (TPSA) is 41.8 Å². The fourth-order valence-corrected chi connectivity index (χ4v) is 4.28. The summed E-state index contributed by atoms with van der Waals surface area (Å²) in [6.45, 7) is 5.28. The van der Waals surface area contributed by atoms with Crippen LogP contribution in [0.2, 0.25) is 0 Å². The van der Waals surface area contributed by atoms with Crippen molar-refractivity contribution in [2.24, 2.45) is 5.73 Å². The van der Waals surface area contributed by atoms with Gasteiger partial charge in [0.15, 0.2) is 0 Å². The lowest BCUT2D eigenvalue weighted by Gasteiger charge is -2.11. The fraction of sp³-hybridized carbons (Fsp3) is 0.259. The second-order valence-corrected chi connectivity index (χ2v) is 8.06. The molecule has 0 amide bonds. The van der Waals surface area contributed by atoms with Gasteiger partial charge in [0.05, 0.1) is 5.69 Å². The molecule has 148 valence electrons. The van der Waals surface area contributed by atoms with Crippen molar-refractivity contribution >= 4 is 10.9 Å². The lowest BCUT2D eigenvalue weighted by Crippen LogP contribution is -1.99. The van der Waals surface area contributed by atoms with Crippen molar-refractivity contribution < 1.29 is 0 Å². The van der Waals surface area contributed by atoms with Gasteiger partial charge >= 0.3 is 0 Å². The Labute approximate surface area is 173 Å². The van der Waals surface area contributed by atoms with Crippen LogP contribution in [-0.4, -0.2) is 11.5 Å². The van der Waals surface area contributed by atoms with E-state index in [4.69, 9.17) is 5.73 Å². The third-order valence-electron chi connectivity index (χ3n) is 5.76. The smallest absolute Gasteiger partial charge is 0.0503 e. The predicted molar refractivity (Wildman–Crippen MR) is 125 cm³/mol. The number of fused-ring (bicyclic) bond motifs is 1. The van der Waals surface area contributed by atoms with Crippen LogP contribution in [0.5, 0.6) is 0 Å². The van der Waals surface area contributed by atoms with Gasteiger partial charge in [0, 0.05) is 16.5 Å². The molecule has 3 N–H and O–H groups in total. The number of para-hydroxylation sites is 1. The maximum absolute atomic E-state index is 5.79. The summed E-state index contributed by atoms with van der Waals surface area (Å²) in [5.74, 6) is 0.478. The van der Waals surface area contributed by atoms with Crippen molar-refractivity contribution in [3.05, 3.63) is 83.9 Å². The number of nitrogens with one attached hydrogen (secondary N) is 1. The van der Waals surface area contributed by atoms with Crippen LogP contribution in [-0.2, 0) is 6.42 Å². The molecule has 0 aliphatic rings. The molecule has 0 unspecified atom stereocenters. The Morgan fingerprint density at radius 2 is 1.52 bits per heavy atom. The van der Waals surface area contributed by atoms with Crippen molar-refractivity contribution in [1.82, 2.24) is 4.98 Å². The van der Waals surface area contributed by atoms with Crippen LogP contribution in [0.25, 0.3) is 33.3 Å². The van der Waals surface area contributed by atoms with Gasteiger partial charge in [-0.1, -0.05) is 86.6 Å². The Morgan fingerprint density at radius 1 is 0.793 bits per heavy atom. The summed E-state index contributed by atoms with van der Waals surface area (Å²) in [5, 5.41) is 1.35. The Bertz CT molecular complexity index is 1090. The molecular formula is C27H30N2. The maximum atomic E-state index is 5.79. The normalized spacial score (nSPS) is 11.4. The molecule has 0 fully saturated rings. The van der Waals surface area contributed by atoms with Gasteiger partial charge in [0.1, 0.15) is 0 Å². The van der Waals surface area contributed by atoms with Crippen molar-refractivity contribution in [3.63, 3.8) is 0 Å². The fourth-order valence-electron chi connectivity index (χ4n) is 4.28. The molecule has 4 rings (SSSR count). The zero-order valence-electron chi connectivity index (χ0n) is 17.4. The lowest BCUT2D eigenvalue weighted by atomic mass is 9.93. The van der Waals surface area contributed by atoms with E-state index in [1.807, 2.05) is 0 Å². The summed E-state index contributed by atoms with van der Waals surface area (Å²) >= 11 is 0. The second-order valence-electron chi connectivity index (χ2n) is 8.06. The van der Waals surface area contributed by atoms with Gasteiger partial charge in [-0.2, -0.15) is 0 Å². The number of benzene rings is 3. The van der Waals surface area contributed by atoms with E-state index in [2.05, 4.69) is 91.6 Å². The first-order valence-corrected chi connectivity index (χ1v) is 10.7. The largest absolute Gasteiger partial charge is 0.354 e. The Kier molecular flexibility index (Phi) is 5.82. The van der Waals surface area contributed by atoms with Gasteiger partial charge in [0.2, 0.25) is 0 Å². The van der Waals surface area contributed by atoms with Crippen LogP contribution in [0.3, 0.4) is 0 Å². The Morgan fingerprint density at radius 3 is 2.24 bits per heavy atom. The van der Waals surface area contributed by atoms with E-state index in [9.17, 15) is 0 Å². The van der Waals surface area contributed by atoms with Gasteiger partial charge < -0.3 is 10.7 Å². The number of aromatic amines is 1. The average molecular weight is 383 g/mol. The molecule has 29 heavy (non-hydrogen) atoms. The molecule has 1 heterocycles. The standard InChI is InChI=1S/C27H30N2/c1-19(2)21-16-10-17-25-24(15-8-9-18-28)27(29-26(21)25)23-14-7-6-13-22(23)20-11-4-3-5-12-20/h3-7,10-14,16-17,19,29H,8-9,15,18,28H2,1-2H3. The highest BCUT2D eigenvalue weighted by Gasteiger charge is 2.18. The van der Waals surface area contributed by atoms with Gasteiger partial charge in [-0.15, -0.1) is 0 Å². The molecule has 4 aromatic rings. The van der Waals surface area contributed by atoms with Crippen LogP contribution in [0.4, 0.5) is 0 Å². The number of hydrogen-bond acceptors (Lipinski definition) is 1. The van der Waals surface area contributed by atoms with Crippen molar-refractivity contribution in [3.8, 4) is 22.4 Å². The molecule has 0 atom stereocenters. The van der Waals surface area contributed by atoms with E-state index in [0.717, 1.165) is 25.8 Å². The van der Waals surface area contributed by atoms with Crippen molar-refractivity contribution in [2.75, 3.05) is 6.54 Å². The third-order valence-corrected chi connectivity index (χ3v) is 5.76. The second kappa shape index (κ2) is 8.67. The van der Waals surface area contributed by atoms with Crippen LogP contribution >= 0.6 is 0 Å². The van der Waals surface area contributed by atoms with Gasteiger partial charge in [-0.25, -0.2) is 0 Å². The van der Waals surface area contributed by atoms with Gasteiger partial charge in [-0.3, -0.25) is 0 Å². The minimum Gasteiger partial charge on any atom is -0.354 e. The molecule has 3 aromatic carbocycles. The van der Waals surface area contributed by atoms with Crippen LogP contribution in [0.15, 0.2) is 72.8 Å². The molecule has 1 aromatic heterocycles. The zero-order chi connectivity index (χ0) is 20.2. The minimum absolute atomic E-state index is 0.478. The van der Waals surface area contributed by atoms with E-state index >= 15 is 0 Å². The molecule has 0 bridgehead atoms. The number of aromatic nitrogens is 1. The zero-order valence-corrected chi connectivity index (χ0v) is 17.4. The van der Waals surface area contributed by atoms with Gasteiger partial charge in [-0.05, 0) is 54.0 Å². The number of aryl methyl sites for hydroxylation is 1. The van der Waals surface area contributed by atoms with Crippen LogP contribution in [0, 0.1) is 0 Å². The van der Waals surface area contributed by atoms with Gasteiger partial charge in [0.25, 0.3) is 0 Å². The van der Waals surface area contributed by atoms with E-state index in [1.54, 1.807) is 0 Å². The first-order valence-electron chi connectivity index (χ1n) is 10.7. The SMILES string of the molecule is CC(C)c1cccc2c(CCCCN)c(-c3ccccc3-c3ccccc3)[nH]c12. The first-order chi connectivity index (χ1) is 14.2. The highest BCUT2D eigenvalue weighted by Crippen LogP contribution is 2.39. The van der Waals surface area contributed by atoms with E-state index in [-0.39, 0.29) is 0 Å². The van der Waals surface area contributed by atoms with E-state index in [1.165, 1.54) is 44.4 Å². The summed E-state index contributed by atoms with van der Waals surface area (Å²) in [6.07, 6.45) is 3.20. The van der Waals surface area contributed by atoms with Crippen molar-refractivity contribution in [2.45, 2.75) is 39.0 Å². The Balaban J connectivity index is 1.94. The molecular weight excluding hydrogens is 352 g/mol. The molecule has 0 spiro atoms. The maximum Gasteiger partial charge on any atom is 0.0503 e. The summed E-state index contributed by atoms with van der Waals surface area (Å²) in [7, 11) is 0. The number of H-pyrrole nitrogens is 1. The molecule has 0 aliphatic carbocycles. The molecule has 0 saturated heterocycles. The molecule has 0 aliphatic heterocycles. The first kappa shape index (κ1) is 19.5. The highest BCUT2D eigenvalue weighted by molar-refractivity contribution is 5.96.